The Hall–Kier alpha value is -1.42. The van der Waals surface area contributed by atoms with Crippen LogP contribution in [0.5, 0.6) is 0 Å². The van der Waals surface area contributed by atoms with Crippen molar-refractivity contribution in [2.75, 3.05) is 6.61 Å². The average Bonchev–Trinajstić information content (AvgIpc) is 2.27. The second-order valence-electron chi connectivity index (χ2n) is 5.33. The molecule has 1 fully saturated rings. The molecule has 104 valence electrons. The molecule has 3 nitrogen and oxygen atoms in total. The molecule has 19 heavy (non-hydrogen) atoms. The Bertz CT molecular complexity index is 457. The normalized spacial score (nSPS) is 18.5. The quantitative estimate of drug-likeness (QED) is 0.857. The zero-order valence-electron chi connectivity index (χ0n) is 11.2. The van der Waals surface area contributed by atoms with Gasteiger partial charge < -0.3 is 10.4 Å². The molecule has 1 unspecified atom stereocenters. The lowest BCUT2D eigenvalue weighted by Gasteiger charge is -2.41. The first kappa shape index (κ1) is 14.0. The number of carbonyl (C=O) groups is 1. The Kier molecular flexibility index (Phi) is 4.20. The Labute approximate surface area is 112 Å². The van der Waals surface area contributed by atoms with Crippen molar-refractivity contribution < 1.29 is 14.3 Å². The van der Waals surface area contributed by atoms with Gasteiger partial charge in [0, 0.05) is 12.6 Å². The van der Waals surface area contributed by atoms with Crippen molar-refractivity contribution in [1.29, 1.82) is 0 Å². The molecule has 0 aliphatic heterocycles. The molecule has 1 saturated carbocycles. The van der Waals surface area contributed by atoms with Gasteiger partial charge >= 0.3 is 0 Å². The Morgan fingerprint density at radius 1 is 1.53 bits per heavy atom. The number of benzene rings is 1. The third-order valence-electron chi connectivity index (χ3n) is 3.96. The van der Waals surface area contributed by atoms with E-state index in [0.717, 1.165) is 24.8 Å². The van der Waals surface area contributed by atoms with E-state index in [4.69, 9.17) is 5.11 Å². The van der Waals surface area contributed by atoms with Gasteiger partial charge in [-0.25, -0.2) is 4.39 Å². The third kappa shape index (κ3) is 2.78. The summed E-state index contributed by atoms with van der Waals surface area (Å²) < 4.78 is 13.3. The summed E-state index contributed by atoms with van der Waals surface area (Å²) in [7, 11) is 0. The standard InChI is InChI=1S/C15H20FNO2/c1-11(6-9-18)17-14(19)15(7-3-8-15)12-4-2-5-13(16)10-12/h2,4-5,10-11,18H,3,6-9H2,1H3,(H,17,19). The summed E-state index contributed by atoms with van der Waals surface area (Å²) in [6, 6.07) is 6.24. The minimum Gasteiger partial charge on any atom is -0.396 e. The molecule has 2 N–H and O–H groups in total. The molecule has 1 aliphatic rings. The van der Waals surface area contributed by atoms with Crippen LogP contribution in [0.2, 0.25) is 0 Å². The van der Waals surface area contributed by atoms with Crippen LogP contribution in [0.15, 0.2) is 24.3 Å². The highest BCUT2D eigenvalue weighted by Gasteiger charge is 2.45. The fraction of sp³-hybridized carbons (Fsp3) is 0.533. The summed E-state index contributed by atoms with van der Waals surface area (Å²) >= 11 is 0. The number of amides is 1. The van der Waals surface area contributed by atoms with Gasteiger partial charge in [0.15, 0.2) is 0 Å². The molecule has 1 aromatic rings. The van der Waals surface area contributed by atoms with Crippen LogP contribution in [0.1, 0.15) is 38.2 Å². The number of nitrogens with one attached hydrogen (secondary N) is 1. The number of hydrogen-bond acceptors (Lipinski definition) is 2. The van der Waals surface area contributed by atoms with Crippen molar-refractivity contribution in [3.05, 3.63) is 35.6 Å². The molecule has 1 aromatic carbocycles. The Morgan fingerprint density at radius 3 is 2.79 bits per heavy atom. The summed E-state index contributed by atoms with van der Waals surface area (Å²) in [6.07, 6.45) is 3.03. The molecule has 1 aliphatic carbocycles. The van der Waals surface area contributed by atoms with Crippen LogP contribution >= 0.6 is 0 Å². The summed E-state index contributed by atoms with van der Waals surface area (Å²) in [5, 5.41) is 11.8. The number of aliphatic hydroxyl groups excluding tert-OH is 1. The first-order chi connectivity index (χ1) is 9.08. The topological polar surface area (TPSA) is 49.3 Å². The lowest BCUT2D eigenvalue weighted by molar-refractivity contribution is -0.130. The second kappa shape index (κ2) is 5.70. The molecule has 0 spiro atoms. The zero-order chi connectivity index (χ0) is 13.9. The fourth-order valence-electron chi connectivity index (χ4n) is 2.59. The summed E-state index contributed by atoms with van der Waals surface area (Å²) in [5.74, 6) is -0.356. The van der Waals surface area contributed by atoms with Gasteiger partial charge in [-0.15, -0.1) is 0 Å². The van der Waals surface area contributed by atoms with E-state index < -0.39 is 5.41 Å². The van der Waals surface area contributed by atoms with Gasteiger partial charge in [0.1, 0.15) is 5.82 Å². The summed E-state index contributed by atoms with van der Waals surface area (Å²) in [6.45, 7) is 1.92. The van der Waals surface area contributed by atoms with Crippen molar-refractivity contribution in [3.63, 3.8) is 0 Å². The maximum Gasteiger partial charge on any atom is 0.230 e. The lowest BCUT2D eigenvalue weighted by atomic mass is 9.63. The van der Waals surface area contributed by atoms with Crippen molar-refractivity contribution in [1.82, 2.24) is 5.32 Å². The van der Waals surface area contributed by atoms with Crippen LogP contribution in [-0.2, 0) is 10.2 Å². The van der Waals surface area contributed by atoms with Crippen molar-refractivity contribution >= 4 is 5.91 Å². The predicted molar refractivity (Wildman–Crippen MR) is 71.2 cm³/mol. The van der Waals surface area contributed by atoms with Gasteiger partial charge in [0.2, 0.25) is 5.91 Å². The fourth-order valence-corrected chi connectivity index (χ4v) is 2.59. The highest BCUT2D eigenvalue weighted by atomic mass is 19.1. The minimum absolute atomic E-state index is 0.0500. The van der Waals surface area contributed by atoms with Gasteiger partial charge in [-0.2, -0.15) is 0 Å². The van der Waals surface area contributed by atoms with Crippen LogP contribution < -0.4 is 5.32 Å². The van der Waals surface area contributed by atoms with Crippen molar-refractivity contribution in [2.24, 2.45) is 0 Å². The van der Waals surface area contributed by atoms with E-state index in [1.54, 1.807) is 6.07 Å². The van der Waals surface area contributed by atoms with Crippen LogP contribution in [-0.4, -0.2) is 23.7 Å². The molecular formula is C15H20FNO2. The second-order valence-corrected chi connectivity index (χ2v) is 5.33. The van der Waals surface area contributed by atoms with E-state index >= 15 is 0 Å². The highest BCUT2D eigenvalue weighted by Crippen LogP contribution is 2.44. The van der Waals surface area contributed by atoms with Crippen molar-refractivity contribution in [3.8, 4) is 0 Å². The van der Waals surface area contributed by atoms with E-state index in [1.807, 2.05) is 13.0 Å². The minimum atomic E-state index is -0.578. The van der Waals surface area contributed by atoms with Crippen LogP contribution in [0.3, 0.4) is 0 Å². The maximum absolute atomic E-state index is 13.3. The average molecular weight is 265 g/mol. The largest absolute Gasteiger partial charge is 0.396 e. The number of rotatable bonds is 5. The molecule has 0 aromatic heterocycles. The van der Waals surface area contributed by atoms with Crippen molar-refractivity contribution in [2.45, 2.75) is 44.1 Å². The highest BCUT2D eigenvalue weighted by molar-refractivity contribution is 5.89. The zero-order valence-corrected chi connectivity index (χ0v) is 11.2. The number of halogens is 1. The molecule has 0 heterocycles. The van der Waals surface area contributed by atoms with Crippen LogP contribution in [0.4, 0.5) is 4.39 Å². The van der Waals surface area contributed by atoms with E-state index in [9.17, 15) is 9.18 Å². The molecule has 0 bridgehead atoms. The van der Waals surface area contributed by atoms with Gasteiger partial charge in [-0.05, 0) is 43.9 Å². The molecule has 2 rings (SSSR count). The number of aliphatic hydroxyl groups is 1. The molecule has 4 heteroatoms. The lowest BCUT2D eigenvalue weighted by Crippen LogP contribution is -2.51. The first-order valence-electron chi connectivity index (χ1n) is 6.76. The van der Waals surface area contributed by atoms with Gasteiger partial charge in [0.05, 0.1) is 5.41 Å². The van der Waals surface area contributed by atoms with Gasteiger partial charge in [0.25, 0.3) is 0 Å². The molecular weight excluding hydrogens is 245 g/mol. The molecule has 1 amide bonds. The predicted octanol–water partition coefficient (Wildman–Crippen LogP) is 2.13. The Balaban J connectivity index is 2.16. The monoisotopic (exact) mass is 265 g/mol. The molecule has 0 saturated heterocycles. The first-order valence-corrected chi connectivity index (χ1v) is 6.76. The van der Waals surface area contributed by atoms with E-state index in [1.165, 1.54) is 12.1 Å². The van der Waals surface area contributed by atoms with Crippen LogP contribution in [0, 0.1) is 5.82 Å². The Morgan fingerprint density at radius 2 is 2.26 bits per heavy atom. The third-order valence-corrected chi connectivity index (χ3v) is 3.96. The van der Waals surface area contributed by atoms with Crippen LogP contribution in [0.25, 0.3) is 0 Å². The van der Waals surface area contributed by atoms with E-state index in [-0.39, 0.29) is 24.4 Å². The van der Waals surface area contributed by atoms with E-state index in [0.29, 0.717) is 6.42 Å². The molecule has 0 radical (unpaired) electrons. The van der Waals surface area contributed by atoms with E-state index in [2.05, 4.69) is 5.32 Å². The summed E-state index contributed by atoms with van der Waals surface area (Å²) in [4.78, 5) is 12.4. The molecule has 1 atom stereocenters. The number of hydrogen-bond donors (Lipinski definition) is 2. The SMILES string of the molecule is CC(CCO)NC(=O)C1(c2cccc(F)c2)CCC1. The maximum atomic E-state index is 13.3. The van der Waals surface area contributed by atoms with Gasteiger partial charge in [-0.3, -0.25) is 4.79 Å². The summed E-state index contributed by atoms with van der Waals surface area (Å²) in [5.41, 5.74) is 0.179. The number of carbonyl (C=O) groups excluding carboxylic acids is 1. The smallest absolute Gasteiger partial charge is 0.230 e. The van der Waals surface area contributed by atoms with Gasteiger partial charge in [-0.1, -0.05) is 18.6 Å².